The van der Waals surface area contributed by atoms with Gasteiger partial charge in [0.2, 0.25) is 0 Å². The van der Waals surface area contributed by atoms with Crippen LogP contribution in [0.15, 0.2) is 42.9 Å². The first-order valence-electron chi connectivity index (χ1n) is 8.11. The van der Waals surface area contributed by atoms with E-state index in [4.69, 9.17) is 0 Å². The van der Waals surface area contributed by atoms with E-state index in [-0.39, 0.29) is 0 Å². The number of nitrogens with one attached hydrogen (secondary N) is 1. The van der Waals surface area contributed by atoms with Gasteiger partial charge in [-0.05, 0) is 50.1 Å². The van der Waals surface area contributed by atoms with Crippen LogP contribution in [0.3, 0.4) is 0 Å². The van der Waals surface area contributed by atoms with Crippen molar-refractivity contribution in [1.82, 2.24) is 24.7 Å². The molecule has 0 aliphatic heterocycles. The first-order valence-corrected chi connectivity index (χ1v) is 8.11. The highest BCUT2D eigenvalue weighted by Gasteiger charge is 2.08. The fraction of sp³-hybridized carbons (Fsp3) is 0.211. The zero-order valence-electron chi connectivity index (χ0n) is 14.0. The summed E-state index contributed by atoms with van der Waals surface area (Å²) in [6.45, 7) is 6.19. The Kier molecular flexibility index (Phi) is 3.41. The number of H-pyrrole nitrogens is 1. The minimum Gasteiger partial charge on any atom is -0.339 e. The Balaban J connectivity index is 1.78. The molecule has 5 nitrogen and oxygen atoms in total. The summed E-state index contributed by atoms with van der Waals surface area (Å²) < 4.78 is 1.88. The lowest BCUT2D eigenvalue weighted by Gasteiger charge is -2.00. The van der Waals surface area contributed by atoms with E-state index in [1.807, 2.05) is 36.3 Å². The number of pyridine rings is 2. The molecule has 0 aliphatic rings. The van der Waals surface area contributed by atoms with E-state index < -0.39 is 0 Å². The van der Waals surface area contributed by atoms with Crippen molar-refractivity contribution < 1.29 is 0 Å². The first-order chi connectivity index (χ1) is 11.6. The molecule has 0 atom stereocenters. The fourth-order valence-electron chi connectivity index (χ4n) is 2.80. The highest BCUT2D eigenvalue weighted by molar-refractivity contribution is 5.84. The summed E-state index contributed by atoms with van der Waals surface area (Å²) in [6, 6.07) is 8.37. The van der Waals surface area contributed by atoms with Crippen LogP contribution in [-0.2, 0) is 6.42 Å². The van der Waals surface area contributed by atoms with Crippen molar-refractivity contribution in [2.45, 2.75) is 27.2 Å². The average Bonchev–Trinajstić information content (AvgIpc) is 3.18. The number of hydrogen-bond acceptors (Lipinski definition) is 3. The van der Waals surface area contributed by atoms with Crippen LogP contribution in [-0.4, -0.2) is 24.7 Å². The zero-order valence-corrected chi connectivity index (χ0v) is 14.0. The van der Waals surface area contributed by atoms with Gasteiger partial charge in [0.15, 0.2) is 0 Å². The summed E-state index contributed by atoms with van der Waals surface area (Å²) in [6.07, 6.45) is 6.66. The largest absolute Gasteiger partial charge is 0.339 e. The summed E-state index contributed by atoms with van der Waals surface area (Å²) in [5, 5.41) is 5.61. The first kappa shape index (κ1) is 14.6. The Bertz CT molecular complexity index is 1010. The maximum Gasteiger partial charge on any atom is 0.137 e. The molecule has 0 unspecified atom stereocenters. The van der Waals surface area contributed by atoms with Gasteiger partial charge < -0.3 is 4.98 Å². The van der Waals surface area contributed by atoms with Crippen molar-refractivity contribution in [3.8, 4) is 16.9 Å². The van der Waals surface area contributed by atoms with Crippen LogP contribution in [0.5, 0.6) is 0 Å². The molecule has 24 heavy (non-hydrogen) atoms. The van der Waals surface area contributed by atoms with E-state index in [0.717, 1.165) is 45.8 Å². The lowest BCUT2D eigenvalue weighted by molar-refractivity contribution is 0.859. The Morgan fingerprint density at radius 2 is 2.00 bits per heavy atom. The molecule has 0 fully saturated rings. The fourth-order valence-corrected chi connectivity index (χ4v) is 2.80. The summed E-state index contributed by atoms with van der Waals surface area (Å²) in [5.41, 5.74) is 7.33. The van der Waals surface area contributed by atoms with Crippen LogP contribution < -0.4 is 0 Å². The molecule has 0 bridgehead atoms. The molecule has 4 heterocycles. The van der Waals surface area contributed by atoms with Crippen LogP contribution >= 0.6 is 0 Å². The van der Waals surface area contributed by atoms with Crippen LogP contribution in [0, 0.1) is 13.8 Å². The smallest absolute Gasteiger partial charge is 0.137 e. The van der Waals surface area contributed by atoms with Gasteiger partial charge in [0.05, 0.1) is 17.6 Å². The minimum absolute atomic E-state index is 0.879. The third-order valence-corrected chi connectivity index (χ3v) is 4.35. The standard InChI is InChI=1S/C19H19N5/c1-4-16-7-14(5-6-20-16)18-9-15-8-17(10-21-19(15)22-18)24-11-12(2)13(3)23-24/h5-11H,4H2,1-3H3,(H,21,22). The molecule has 0 saturated carbocycles. The monoisotopic (exact) mass is 317 g/mol. The van der Waals surface area contributed by atoms with Gasteiger partial charge in [-0.25, -0.2) is 9.67 Å². The molecular weight excluding hydrogens is 298 g/mol. The Morgan fingerprint density at radius 1 is 1.12 bits per heavy atom. The molecule has 0 spiro atoms. The second-order valence-electron chi connectivity index (χ2n) is 6.05. The number of fused-ring (bicyclic) bond motifs is 1. The highest BCUT2D eigenvalue weighted by atomic mass is 15.3. The van der Waals surface area contributed by atoms with Gasteiger partial charge >= 0.3 is 0 Å². The predicted octanol–water partition coefficient (Wildman–Crippen LogP) is 3.99. The summed E-state index contributed by atoms with van der Waals surface area (Å²) in [7, 11) is 0. The average molecular weight is 317 g/mol. The third-order valence-electron chi connectivity index (χ3n) is 4.35. The van der Waals surface area contributed by atoms with Gasteiger partial charge in [0.1, 0.15) is 5.65 Å². The number of aromatic nitrogens is 5. The van der Waals surface area contributed by atoms with Crippen molar-refractivity contribution in [3.05, 3.63) is 59.8 Å². The van der Waals surface area contributed by atoms with Gasteiger partial charge in [-0.2, -0.15) is 5.10 Å². The maximum absolute atomic E-state index is 4.55. The van der Waals surface area contributed by atoms with Crippen molar-refractivity contribution in [1.29, 1.82) is 0 Å². The molecule has 120 valence electrons. The van der Waals surface area contributed by atoms with Gasteiger partial charge in [-0.3, -0.25) is 4.98 Å². The molecule has 0 aliphatic carbocycles. The number of hydrogen-bond donors (Lipinski definition) is 1. The molecule has 0 aromatic carbocycles. The number of nitrogens with zero attached hydrogens (tertiary/aromatic N) is 4. The molecule has 1 N–H and O–H groups in total. The Morgan fingerprint density at radius 3 is 2.75 bits per heavy atom. The summed E-state index contributed by atoms with van der Waals surface area (Å²) >= 11 is 0. The molecule has 4 rings (SSSR count). The van der Waals surface area contributed by atoms with E-state index >= 15 is 0 Å². The van der Waals surface area contributed by atoms with Crippen molar-refractivity contribution >= 4 is 11.0 Å². The zero-order chi connectivity index (χ0) is 16.7. The minimum atomic E-state index is 0.879. The number of rotatable bonds is 3. The van der Waals surface area contributed by atoms with E-state index in [1.165, 1.54) is 5.56 Å². The van der Waals surface area contributed by atoms with Crippen LogP contribution in [0.2, 0.25) is 0 Å². The van der Waals surface area contributed by atoms with Crippen molar-refractivity contribution in [2.24, 2.45) is 0 Å². The number of aryl methyl sites for hydroxylation is 3. The number of aromatic amines is 1. The highest BCUT2D eigenvalue weighted by Crippen LogP contribution is 2.25. The molecule has 0 radical (unpaired) electrons. The van der Waals surface area contributed by atoms with Crippen molar-refractivity contribution in [3.63, 3.8) is 0 Å². The van der Waals surface area contributed by atoms with Crippen LogP contribution in [0.1, 0.15) is 23.9 Å². The molecule has 0 saturated heterocycles. The predicted molar refractivity (Wildman–Crippen MR) is 95.3 cm³/mol. The molecule has 4 aromatic rings. The SMILES string of the molecule is CCc1cc(-c2cc3cc(-n4cc(C)c(C)n4)cnc3[nH]2)ccn1. The van der Waals surface area contributed by atoms with Gasteiger partial charge in [0.25, 0.3) is 0 Å². The summed E-state index contributed by atoms with van der Waals surface area (Å²) in [4.78, 5) is 12.3. The molecule has 4 aromatic heterocycles. The summed E-state index contributed by atoms with van der Waals surface area (Å²) in [5.74, 6) is 0. The lowest BCUT2D eigenvalue weighted by Crippen LogP contribution is -1.95. The van der Waals surface area contributed by atoms with Gasteiger partial charge in [-0.1, -0.05) is 6.92 Å². The topological polar surface area (TPSA) is 59.4 Å². The quantitative estimate of drug-likeness (QED) is 0.621. The van der Waals surface area contributed by atoms with Gasteiger partial charge in [0, 0.05) is 34.7 Å². The van der Waals surface area contributed by atoms with Crippen LogP contribution in [0.4, 0.5) is 0 Å². The normalized spacial score (nSPS) is 11.3. The third kappa shape index (κ3) is 2.48. The van der Waals surface area contributed by atoms with E-state index in [2.05, 4.69) is 52.1 Å². The van der Waals surface area contributed by atoms with E-state index in [0.29, 0.717) is 0 Å². The molecular formula is C19H19N5. The second-order valence-corrected chi connectivity index (χ2v) is 6.05. The lowest BCUT2D eigenvalue weighted by atomic mass is 10.1. The second kappa shape index (κ2) is 5.60. The molecule has 5 heteroatoms. The Labute approximate surface area is 140 Å². The van der Waals surface area contributed by atoms with Crippen molar-refractivity contribution in [2.75, 3.05) is 0 Å². The van der Waals surface area contributed by atoms with Gasteiger partial charge in [-0.15, -0.1) is 0 Å². The molecule has 0 amide bonds. The van der Waals surface area contributed by atoms with E-state index in [9.17, 15) is 0 Å². The van der Waals surface area contributed by atoms with Crippen LogP contribution in [0.25, 0.3) is 28.0 Å². The maximum atomic E-state index is 4.55. The van der Waals surface area contributed by atoms with E-state index in [1.54, 1.807) is 0 Å². The Hall–Kier alpha value is -2.95.